The molecule has 0 heterocycles. The summed E-state index contributed by atoms with van der Waals surface area (Å²) in [5, 5.41) is 2.83. The first kappa shape index (κ1) is 13.6. The Bertz CT molecular complexity index is 391. The van der Waals surface area contributed by atoms with Crippen LogP contribution in [0.15, 0.2) is 24.3 Å². The van der Waals surface area contributed by atoms with Gasteiger partial charge in [-0.2, -0.15) is 0 Å². The molecule has 0 saturated carbocycles. The Balaban J connectivity index is 2.52. The monoisotopic (exact) mass is 238 g/mol. The SMILES string of the molecule is CC(C)(CCc1cccc(F)c1)NC(=O)CN. The molecule has 0 saturated heterocycles. The van der Waals surface area contributed by atoms with Crippen molar-refractivity contribution in [2.45, 2.75) is 32.2 Å². The van der Waals surface area contributed by atoms with Crippen LogP contribution in [0.25, 0.3) is 0 Å². The van der Waals surface area contributed by atoms with Gasteiger partial charge in [0.25, 0.3) is 0 Å². The molecule has 1 aromatic carbocycles. The number of halogens is 1. The lowest BCUT2D eigenvalue weighted by Gasteiger charge is -2.26. The number of hydrogen-bond donors (Lipinski definition) is 2. The van der Waals surface area contributed by atoms with Crippen LogP contribution in [-0.4, -0.2) is 18.0 Å². The van der Waals surface area contributed by atoms with E-state index in [0.29, 0.717) is 0 Å². The van der Waals surface area contributed by atoms with Gasteiger partial charge < -0.3 is 11.1 Å². The molecule has 17 heavy (non-hydrogen) atoms. The van der Waals surface area contributed by atoms with Crippen molar-refractivity contribution in [3.05, 3.63) is 35.6 Å². The van der Waals surface area contributed by atoms with Gasteiger partial charge in [0, 0.05) is 5.54 Å². The maximum Gasteiger partial charge on any atom is 0.234 e. The van der Waals surface area contributed by atoms with Gasteiger partial charge >= 0.3 is 0 Å². The Morgan fingerprint density at radius 1 is 1.47 bits per heavy atom. The molecule has 94 valence electrons. The van der Waals surface area contributed by atoms with Gasteiger partial charge in [-0.3, -0.25) is 4.79 Å². The van der Waals surface area contributed by atoms with Gasteiger partial charge in [0.2, 0.25) is 5.91 Å². The number of rotatable bonds is 5. The minimum Gasteiger partial charge on any atom is -0.350 e. The van der Waals surface area contributed by atoms with Gasteiger partial charge in [0.15, 0.2) is 0 Å². The largest absolute Gasteiger partial charge is 0.350 e. The Kier molecular flexibility index (Phi) is 4.63. The number of nitrogens with one attached hydrogen (secondary N) is 1. The number of aryl methyl sites for hydroxylation is 1. The zero-order valence-electron chi connectivity index (χ0n) is 10.3. The molecular weight excluding hydrogens is 219 g/mol. The van der Waals surface area contributed by atoms with Crippen molar-refractivity contribution in [2.24, 2.45) is 5.73 Å². The standard InChI is InChI=1S/C13H19FN2O/c1-13(2,16-12(17)9-15)7-6-10-4-3-5-11(14)8-10/h3-5,8H,6-7,9,15H2,1-2H3,(H,16,17). The molecule has 0 unspecified atom stereocenters. The van der Waals surface area contributed by atoms with E-state index in [-0.39, 0.29) is 23.8 Å². The maximum atomic E-state index is 13.0. The third kappa shape index (κ3) is 4.95. The van der Waals surface area contributed by atoms with Gasteiger partial charge in [-0.1, -0.05) is 12.1 Å². The predicted molar refractivity (Wildman–Crippen MR) is 66.0 cm³/mol. The van der Waals surface area contributed by atoms with Gasteiger partial charge in [0.05, 0.1) is 6.54 Å². The first-order chi connectivity index (χ1) is 7.93. The Morgan fingerprint density at radius 3 is 2.76 bits per heavy atom. The molecule has 0 fully saturated rings. The molecule has 4 heteroatoms. The number of nitrogens with two attached hydrogens (primary N) is 1. The lowest BCUT2D eigenvalue weighted by Crippen LogP contribution is -2.46. The van der Waals surface area contributed by atoms with Crippen LogP contribution in [0.1, 0.15) is 25.8 Å². The summed E-state index contributed by atoms with van der Waals surface area (Å²) in [7, 11) is 0. The Labute approximate surface area is 101 Å². The summed E-state index contributed by atoms with van der Waals surface area (Å²) >= 11 is 0. The average Bonchev–Trinajstić information content (AvgIpc) is 2.26. The van der Waals surface area contributed by atoms with Crippen molar-refractivity contribution < 1.29 is 9.18 Å². The molecule has 1 aromatic rings. The minimum absolute atomic E-state index is 0.0105. The molecule has 0 aromatic heterocycles. The third-order valence-corrected chi connectivity index (χ3v) is 2.59. The second-order valence-electron chi connectivity index (χ2n) is 4.77. The summed E-state index contributed by atoms with van der Waals surface area (Å²) in [5.41, 5.74) is 5.84. The summed E-state index contributed by atoms with van der Waals surface area (Å²) in [6.45, 7) is 3.85. The molecule has 0 aliphatic rings. The van der Waals surface area contributed by atoms with Crippen LogP contribution in [-0.2, 0) is 11.2 Å². The first-order valence-electron chi connectivity index (χ1n) is 5.68. The smallest absolute Gasteiger partial charge is 0.234 e. The van der Waals surface area contributed by atoms with E-state index in [9.17, 15) is 9.18 Å². The molecule has 1 rings (SSSR count). The topological polar surface area (TPSA) is 55.1 Å². The number of hydrogen-bond acceptors (Lipinski definition) is 2. The fourth-order valence-electron chi connectivity index (χ4n) is 1.64. The van der Waals surface area contributed by atoms with E-state index in [1.54, 1.807) is 6.07 Å². The number of carbonyl (C=O) groups excluding carboxylic acids is 1. The first-order valence-corrected chi connectivity index (χ1v) is 5.68. The zero-order valence-corrected chi connectivity index (χ0v) is 10.3. The van der Waals surface area contributed by atoms with E-state index in [2.05, 4.69) is 5.32 Å². The van der Waals surface area contributed by atoms with Crippen LogP contribution in [0.5, 0.6) is 0 Å². The van der Waals surface area contributed by atoms with Gasteiger partial charge in [0.1, 0.15) is 5.82 Å². The van der Waals surface area contributed by atoms with Crippen molar-refractivity contribution in [3.63, 3.8) is 0 Å². The molecule has 0 spiro atoms. The highest BCUT2D eigenvalue weighted by molar-refractivity contribution is 5.78. The third-order valence-electron chi connectivity index (χ3n) is 2.59. The predicted octanol–water partition coefficient (Wildman–Crippen LogP) is 1.61. The Hall–Kier alpha value is -1.42. The van der Waals surface area contributed by atoms with Crippen LogP contribution in [0, 0.1) is 5.82 Å². The minimum atomic E-state index is -0.331. The van der Waals surface area contributed by atoms with Gasteiger partial charge in [-0.25, -0.2) is 4.39 Å². The van der Waals surface area contributed by atoms with Crippen molar-refractivity contribution in [3.8, 4) is 0 Å². The number of benzene rings is 1. The highest BCUT2D eigenvalue weighted by Crippen LogP contribution is 2.14. The summed E-state index contributed by atoms with van der Waals surface area (Å²) in [6.07, 6.45) is 1.46. The van der Waals surface area contributed by atoms with Crippen LogP contribution in [0.4, 0.5) is 4.39 Å². The highest BCUT2D eigenvalue weighted by atomic mass is 19.1. The van der Waals surface area contributed by atoms with Crippen molar-refractivity contribution in [1.29, 1.82) is 0 Å². The summed E-state index contributed by atoms with van der Waals surface area (Å²) in [4.78, 5) is 11.2. The molecule has 0 aliphatic heterocycles. The van der Waals surface area contributed by atoms with E-state index in [1.165, 1.54) is 12.1 Å². The zero-order chi connectivity index (χ0) is 12.9. The lowest BCUT2D eigenvalue weighted by atomic mass is 9.95. The van der Waals surface area contributed by atoms with Crippen LogP contribution in [0.3, 0.4) is 0 Å². The lowest BCUT2D eigenvalue weighted by molar-refractivity contribution is -0.121. The molecule has 0 radical (unpaired) electrons. The fraction of sp³-hybridized carbons (Fsp3) is 0.462. The molecule has 0 bridgehead atoms. The van der Waals surface area contributed by atoms with Crippen LogP contribution >= 0.6 is 0 Å². The molecule has 0 atom stereocenters. The van der Waals surface area contributed by atoms with E-state index < -0.39 is 0 Å². The second kappa shape index (κ2) is 5.77. The molecule has 1 amide bonds. The van der Waals surface area contributed by atoms with Crippen LogP contribution in [0.2, 0.25) is 0 Å². The molecule has 3 nitrogen and oxygen atoms in total. The number of amides is 1. The van der Waals surface area contributed by atoms with E-state index >= 15 is 0 Å². The van der Waals surface area contributed by atoms with E-state index in [0.717, 1.165) is 18.4 Å². The van der Waals surface area contributed by atoms with Crippen molar-refractivity contribution in [2.75, 3.05) is 6.54 Å². The average molecular weight is 238 g/mol. The molecular formula is C13H19FN2O. The van der Waals surface area contributed by atoms with Gasteiger partial charge in [-0.05, 0) is 44.4 Å². The summed E-state index contributed by atoms with van der Waals surface area (Å²) < 4.78 is 13.0. The van der Waals surface area contributed by atoms with E-state index in [4.69, 9.17) is 5.73 Å². The quantitative estimate of drug-likeness (QED) is 0.819. The van der Waals surface area contributed by atoms with Crippen molar-refractivity contribution in [1.82, 2.24) is 5.32 Å². The van der Waals surface area contributed by atoms with E-state index in [1.807, 2.05) is 19.9 Å². The normalized spacial score (nSPS) is 11.3. The summed E-state index contributed by atoms with van der Waals surface area (Å²) in [6, 6.07) is 6.51. The number of carbonyl (C=O) groups is 1. The van der Waals surface area contributed by atoms with Crippen LogP contribution < -0.4 is 11.1 Å². The van der Waals surface area contributed by atoms with Gasteiger partial charge in [-0.15, -0.1) is 0 Å². The van der Waals surface area contributed by atoms with Crippen molar-refractivity contribution >= 4 is 5.91 Å². The highest BCUT2D eigenvalue weighted by Gasteiger charge is 2.19. The fourth-order valence-corrected chi connectivity index (χ4v) is 1.64. The molecule has 0 aliphatic carbocycles. The Morgan fingerprint density at radius 2 is 2.18 bits per heavy atom. The maximum absolute atomic E-state index is 13.0. The summed E-state index contributed by atoms with van der Waals surface area (Å²) in [5.74, 6) is -0.402. The second-order valence-corrected chi connectivity index (χ2v) is 4.77. The molecule has 3 N–H and O–H groups in total.